The summed E-state index contributed by atoms with van der Waals surface area (Å²) < 4.78 is 5.48. The zero-order valence-corrected chi connectivity index (χ0v) is 42.8. The van der Waals surface area contributed by atoms with Gasteiger partial charge in [-0.2, -0.15) is 0 Å². The highest BCUT2D eigenvalue weighted by Gasteiger charge is 2.20. The van der Waals surface area contributed by atoms with E-state index in [0.29, 0.717) is 25.9 Å². The second kappa shape index (κ2) is 53.5. The fourth-order valence-electron chi connectivity index (χ4n) is 9.23. The summed E-state index contributed by atoms with van der Waals surface area (Å²) in [5.74, 6) is -0.0580. The highest BCUT2D eigenvalue weighted by atomic mass is 16.5. The van der Waals surface area contributed by atoms with Crippen molar-refractivity contribution in [3.63, 3.8) is 0 Å². The highest BCUT2D eigenvalue weighted by molar-refractivity contribution is 5.76. The predicted molar refractivity (Wildman–Crippen MR) is 274 cm³/mol. The van der Waals surface area contributed by atoms with Gasteiger partial charge in [0.05, 0.1) is 25.4 Å². The molecule has 0 aromatic rings. The molecule has 0 saturated carbocycles. The van der Waals surface area contributed by atoms with Gasteiger partial charge in [-0.05, 0) is 25.7 Å². The van der Waals surface area contributed by atoms with Gasteiger partial charge in [-0.25, -0.2) is 0 Å². The Balaban J connectivity index is 3.43. The van der Waals surface area contributed by atoms with Crippen molar-refractivity contribution >= 4 is 11.9 Å². The minimum atomic E-state index is -0.675. The molecule has 0 aromatic carbocycles. The molecule has 0 aliphatic rings. The normalized spacial score (nSPS) is 12.5. The van der Waals surface area contributed by atoms with Crippen LogP contribution in [0.2, 0.25) is 0 Å². The van der Waals surface area contributed by atoms with Gasteiger partial charge in [-0.15, -0.1) is 0 Å². The van der Waals surface area contributed by atoms with Crippen molar-refractivity contribution in [2.24, 2.45) is 0 Å². The molecule has 0 radical (unpaired) electrons. The molecule has 3 N–H and O–H groups in total. The average Bonchev–Trinajstić information content (AvgIpc) is 3.28. The summed E-state index contributed by atoms with van der Waals surface area (Å²) in [5.41, 5.74) is 0. The van der Waals surface area contributed by atoms with Gasteiger partial charge in [0.15, 0.2) is 0 Å². The van der Waals surface area contributed by atoms with E-state index in [9.17, 15) is 19.8 Å². The Bertz CT molecular complexity index is 898. The van der Waals surface area contributed by atoms with Gasteiger partial charge in [0.25, 0.3) is 0 Å². The van der Waals surface area contributed by atoms with Crippen LogP contribution in [0.1, 0.15) is 328 Å². The number of rotatable bonds is 54. The third kappa shape index (κ3) is 50.1. The zero-order chi connectivity index (χ0) is 45.8. The average molecular weight is 893 g/mol. The zero-order valence-electron chi connectivity index (χ0n) is 42.8. The lowest BCUT2D eigenvalue weighted by atomic mass is 10.0. The number of aliphatic hydroxyl groups is 2. The summed E-state index contributed by atoms with van der Waals surface area (Å²) in [7, 11) is 0. The lowest BCUT2D eigenvalue weighted by Gasteiger charge is -2.22. The van der Waals surface area contributed by atoms with E-state index in [1.54, 1.807) is 0 Å². The quantitative estimate of drug-likeness (QED) is 0.0418. The summed E-state index contributed by atoms with van der Waals surface area (Å²) in [6, 6.07) is -0.554. The molecule has 0 saturated heterocycles. The van der Waals surface area contributed by atoms with E-state index in [1.165, 1.54) is 238 Å². The van der Waals surface area contributed by atoms with Crippen LogP contribution in [-0.2, 0) is 14.3 Å². The number of ether oxygens (including phenoxy) is 1. The van der Waals surface area contributed by atoms with Crippen molar-refractivity contribution in [3.05, 3.63) is 0 Å². The monoisotopic (exact) mass is 892 g/mol. The lowest BCUT2D eigenvalue weighted by molar-refractivity contribution is -0.143. The first-order chi connectivity index (χ1) is 31.0. The van der Waals surface area contributed by atoms with Crippen LogP contribution in [0.5, 0.6) is 0 Å². The van der Waals surface area contributed by atoms with E-state index in [0.717, 1.165) is 57.8 Å². The maximum Gasteiger partial charge on any atom is 0.305 e. The number of nitrogens with one attached hydrogen (secondary N) is 1. The molecule has 0 rings (SSSR count). The van der Waals surface area contributed by atoms with Crippen molar-refractivity contribution in [1.29, 1.82) is 0 Å². The molecular formula is C57H113NO5. The molecule has 0 aromatic heterocycles. The van der Waals surface area contributed by atoms with Crippen molar-refractivity contribution in [2.45, 2.75) is 341 Å². The second-order valence-electron chi connectivity index (χ2n) is 20.0. The molecule has 1 amide bonds. The maximum absolute atomic E-state index is 12.5. The van der Waals surface area contributed by atoms with Gasteiger partial charge < -0.3 is 20.3 Å². The largest absolute Gasteiger partial charge is 0.466 e. The number of amides is 1. The Labute approximate surface area is 394 Å². The molecule has 0 aliphatic carbocycles. The second-order valence-corrected chi connectivity index (χ2v) is 20.0. The van der Waals surface area contributed by atoms with E-state index in [-0.39, 0.29) is 18.5 Å². The van der Waals surface area contributed by atoms with E-state index < -0.39 is 12.1 Å². The summed E-state index contributed by atoms with van der Waals surface area (Å²) in [6.07, 6.45) is 60.8. The third-order valence-corrected chi connectivity index (χ3v) is 13.7. The molecule has 0 spiro atoms. The fraction of sp³-hybridized carbons (Fsp3) is 0.965. The third-order valence-electron chi connectivity index (χ3n) is 13.7. The topological polar surface area (TPSA) is 95.9 Å². The first-order valence-electron chi connectivity index (χ1n) is 28.8. The SMILES string of the molecule is CCCCCCCCCCCCCCCCCCCCC(=O)OCCCCCCCCCCCCCC(=O)NC(CO)C(O)CCCCCCCCCCCCCCCCCCC. The van der Waals surface area contributed by atoms with Gasteiger partial charge >= 0.3 is 5.97 Å². The van der Waals surface area contributed by atoms with Crippen molar-refractivity contribution in [2.75, 3.05) is 13.2 Å². The summed E-state index contributed by atoms with van der Waals surface area (Å²) in [5, 5.41) is 23.3. The standard InChI is InChI=1S/C57H113NO5/c1-3-5-7-9-11-13-15-17-19-21-23-25-27-31-35-39-43-47-51-57(62)63-52-48-44-40-36-32-28-30-34-38-42-46-50-56(61)58-54(53-59)55(60)49-45-41-37-33-29-26-24-22-20-18-16-14-12-10-8-6-4-2/h54-55,59-60H,3-53H2,1-2H3,(H,58,61). The van der Waals surface area contributed by atoms with Gasteiger partial charge in [0, 0.05) is 12.8 Å². The summed E-state index contributed by atoms with van der Waals surface area (Å²) in [4.78, 5) is 24.6. The number of hydrogen-bond donors (Lipinski definition) is 3. The molecule has 6 heteroatoms. The van der Waals surface area contributed by atoms with Crippen molar-refractivity contribution in [3.8, 4) is 0 Å². The molecule has 0 fully saturated rings. The van der Waals surface area contributed by atoms with Gasteiger partial charge in [-0.3, -0.25) is 9.59 Å². The van der Waals surface area contributed by atoms with Gasteiger partial charge in [-0.1, -0.05) is 290 Å². The van der Waals surface area contributed by atoms with E-state index in [4.69, 9.17) is 4.74 Å². The first kappa shape index (κ1) is 61.9. The van der Waals surface area contributed by atoms with Gasteiger partial charge in [0.1, 0.15) is 0 Å². The minimum Gasteiger partial charge on any atom is -0.466 e. The van der Waals surface area contributed by atoms with Crippen LogP contribution in [0.4, 0.5) is 0 Å². The number of hydrogen-bond acceptors (Lipinski definition) is 5. The Hall–Kier alpha value is -1.14. The van der Waals surface area contributed by atoms with Crippen LogP contribution in [0.3, 0.4) is 0 Å². The van der Waals surface area contributed by atoms with Crippen molar-refractivity contribution < 1.29 is 24.5 Å². The number of aliphatic hydroxyl groups excluding tert-OH is 2. The lowest BCUT2D eigenvalue weighted by Crippen LogP contribution is -2.45. The molecule has 2 atom stereocenters. The Morgan fingerprint density at radius 3 is 0.968 bits per heavy atom. The Morgan fingerprint density at radius 2 is 0.651 bits per heavy atom. The molecule has 0 heterocycles. The smallest absolute Gasteiger partial charge is 0.305 e. The van der Waals surface area contributed by atoms with Crippen LogP contribution in [0, 0.1) is 0 Å². The first-order valence-corrected chi connectivity index (χ1v) is 28.8. The van der Waals surface area contributed by atoms with E-state index in [2.05, 4.69) is 19.2 Å². The molecular weight excluding hydrogens is 779 g/mol. The molecule has 2 unspecified atom stereocenters. The Kier molecular flexibility index (Phi) is 52.5. The maximum atomic E-state index is 12.5. The van der Waals surface area contributed by atoms with E-state index in [1.807, 2.05) is 0 Å². The molecule has 376 valence electrons. The molecule has 63 heavy (non-hydrogen) atoms. The molecule has 6 nitrogen and oxygen atoms in total. The predicted octanol–water partition coefficient (Wildman–Crippen LogP) is 17.5. The molecule has 0 aliphatic heterocycles. The molecule has 0 bridgehead atoms. The summed E-state index contributed by atoms with van der Waals surface area (Å²) >= 11 is 0. The van der Waals surface area contributed by atoms with Gasteiger partial charge in [0.2, 0.25) is 5.91 Å². The van der Waals surface area contributed by atoms with Crippen LogP contribution >= 0.6 is 0 Å². The van der Waals surface area contributed by atoms with Crippen LogP contribution in [-0.4, -0.2) is 47.4 Å². The number of carbonyl (C=O) groups is 2. The van der Waals surface area contributed by atoms with Crippen molar-refractivity contribution in [1.82, 2.24) is 5.32 Å². The summed E-state index contributed by atoms with van der Waals surface area (Å²) in [6.45, 7) is 4.94. The van der Waals surface area contributed by atoms with E-state index >= 15 is 0 Å². The fourth-order valence-corrected chi connectivity index (χ4v) is 9.23. The highest BCUT2D eigenvalue weighted by Crippen LogP contribution is 2.18. The Morgan fingerprint density at radius 1 is 0.381 bits per heavy atom. The number of esters is 1. The minimum absolute atomic E-state index is 0.00804. The van der Waals surface area contributed by atoms with Crippen LogP contribution in [0.15, 0.2) is 0 Å². The number of unbranched alkanes of at least 4 members (excludes halogenated alkanes) is 43. The number of carbonyl (C=O) groups excluding carboxylic acids is 2. The van der Waals surface area contributed by atoms with Crippen LogP contribution in [0.25, 0.3) is 0 Å². The van der Waals surface area contributed by atoms with Crippen LogP contribution < -0.4 is 5.32 Å².